The molecule has 8 nitrogen and oxygen atoms in total. The molecule has 1 aromatic carbocycles. The molecule has 0 saturated carbocycles. The quantitative estimate of drug-likeness (QED) is 0.584. The van der Waals surface area contributed by atoms with Crippen molar-refractivity contribution < 1.29 is 23.5 Å². The van der Waals surface area contributed by atoms with Crippen LogP contribution in [0.2, 0.25) is 0 Å². The lowest BCUT2D eigenvalue weighted by atomic mass is 10.2. The lowest BCUT2D eigenvalue weighted by Gasteiger charge is -2.23. The highest BCUT2D eigenvalue weighted by Gasteiger charge is 2.22. The van der Waals surface area contributed by atoms with Gasteiger partial charge in [-0.15, -0.1) is 11.3 Å². The highest BCUT2D eigenvalue weighted by atomic mass is 32.1. The first-order valence-corrected chi connectivity index (χ1v) is 9.39. The van der Waals surface area contributed by atoms with Crippen LogP contribution >= 0.6 is 11.3 Å². The Labute approximate surface area is 165 Å². The van der Waals surface area contributed by atoms with Gasteiger partial charge in [0.15, 0.2) is 5.13 Å². The van der Waals surface area contributed by atoms with Gasteiger partial charge < -0.3 is 20.3 Å². The number of ether oxygens (including phenoxy) is 1. The summed E-state index contributed by atoms with van der Waals surface area (Å²) in [7, 11) is 1.50. The van der Waals surface area contributed by atoms with Gasteiger partial charge in [0.1, 0.15) is 12.4 Å². The molecule has 28 heavy (non-hydrogen) atoms. The second-order valence-electron chi connectivity index (χ2n) is 5.66. The maximum absolute atomic E-state index is 14.2. The summed E-state index contributed by atoms with van der Waals surface area (Å²) < 4.78 is 19.0. The first-order chi connectivity index (χ1) is 13.5. The van der Waals surface area contributed by atoms with Crippen LogP contribution in [-0.4, -0.2) is 49.5 Å². The molecule has 0 aliphatic rings. The number of aromatic nitrogens is 1. The molecule has 2 rings (SSSR count). The molecule has 0 spiro atoms. The first kappa shape index (κ1) is 21.5. The number of thiazole rings is 1. The second kappa shape index (κ2) is 11.1. The van der Waals surface area contributed by atoms with Crippen molar-refractivity contribution in [1.82, 2.24) is 10.3 Å². The van der Waals surface area contributed by atoms with E-state index in [0.29, 0.717) is 11.7 Å². The molecule has 0 atom stereocenters. The number of methoxy groups -OCH3 is 1. The Morgan fingerprint density at radius 3 is 2.68 bits per heavy atom. The monoisotopic (exact) mass is 408 g/mol. The van der Waals surface area contributed by atoms with Crippen LogP contribution in [0.5, 0.6) is 0 Å². The van der Waals surface area contributed by atoms with E-state index in [2.05, 4.69) is 15.6 Å². The number of carbonyl (C=O) groups excluding carboxylic acids is 3. The molecule has 0 saturated heterocycles. The third-order valence-electron chi connectivity index (χ3n) is 3.62. The van der Waals surface area contributed by atoms with Gasteiger partial charge in [0.2, 0.25) is 17.7 Å². The van der Waals surface area contributed by atoms with Crippen LogP contribution in [0.25, 0.3) is 0 Å². The molecule has 3 amide bonds. The van der Waals surface area contributed by atoms with Gasteiger partial charge in [0.05, 0.1) is 12.3 Å². The minimum absolute atomic E-state index is 0.0188. The highest BCUT2D eigenvalue weighted by molar-refractivity contribution is 7.13. The van der Waals surface area contributed by atoms with Crippen molar-refractivity contribution in [2.24, 2.45) is 0 Å². The Hall–Kier alpha value is -2.85. The van der Waals surface area contributed by atoms with Crippen molar-refractivity contribution in [3.8, 4) is 0 Å². The molecule has 10 heteroatoms. The largest absolute Gasteiger partial charge is 0.383 e. The van der Waals surface area contributed by atoms with Crippen molar-refractivity contribution in [1.29, 1.82) is 0 Å². The second-order valence-corrected chi connectivity index (χ2v) is 6.55. The van der Waals surface area contributed by atoms with Crippen LogP contribution in [0, 0.1) is 5.82 Å². The van der Waals surface area contributed by atoms with Gasteiger partial charge in [-0.2, -0.15) is 0 Å². The van der Waals surface area contributed by atoms with E-state index < -0.39 is 17.6 Å². The van der Waals surface area contributed by atoms with Crippen LogP contribution in [0.15, 0.2) is 35.8 Å². The zero-order chi connectivity index (χ0) is 20.4. The number of carbonyl (C=O) groups is 3. The number of benzene rings is 1. The molecule has 0 aliphatic heterocycles. The maximum Gasteiger partial charge on any atom is 0.240 e. The van der Waals surface area contributed by atoms with E-state index in [4.69, 9.17) is 4.74 Å². The normalized spacial score (nSPS) is 10.4. The van der Waals surface area contributed by atoms with Crippen LogP contribution in [-0.2, 0) is 19.1 Å². The van der Waals surface area contributed by atoms with Gasteiger partial charge in [-0.05, 0) is 12.1 Å². The number of nitrogens with zero attached hydrogens (tertiary/aromatic N) is 2. The summed E-state index contributed by atoms with van der Waals surface area (Å²) in [5.74, 6) is -2.02. The number of para-hydroxylation sites is 1. The van der Waals surface area contributed by atoms with Crippen LogP contribution in [0.1, 0.15) is 12.8 Å². The van der Waals surface area contributed by atoms with E-state index in [0.717, 1.165) is 4.90 Å². The third kappa shape index (κ3) is 6.71. The molecular weight excluding hydrogens is 387 g/mol. The summed E-state index contributed by atoms with van der Waals surface area (Å²) in [6.07, 6.45) is 1.25. The lowest BCUT2D eigenvalue weighted by molar-refractivity contribution is -0.125. The fourth-order valence-corrected chi connectivity index (χ4v) is 2.84. The standard InChI is InChI=1S/C18H21FN4O4S/c1-27-10-8-20-16(25)12-23(14-5-3-2-4-13(14)19)17(26)7-6-15(24)22-18-21-9-11-28-18/h2-5,9,11H,6-8,10,12H2,1H3,(H,20,25)(H,21,22,24). The van der Waals surface area contributed by atoms with E-state index in [1.807, 2.05) is 0 Å². The molecule has 1 heterocycles. The zero-order valence-electron chi connectivity index (χ0n) is 15.3. The van der Waals surface area contributed by atoms with Crippen molar-refractivity contribution in [2.45, 2.75) is 12.8 Å². The van der Waals surface area contributed by atoms with Gasteiger partial charge in [-0.25, -0.2) is 9.37 Å². The Morgan fingerprint density at radius 1 is 1.21 bits per heavy atom. The average molecular weight is 408 g/mol. The molecular formula is C18H21FN4O4S. The van der Waals surface area contributed by atoms with Gasteiger partial charge in [-0.3, -0.25) is 14.4 Å². The number of hydrogen-bond acceptors (Lipinski definition) is 6. The third-order valence-corrected chi connectivity index (χ3v) is 4.31. The Morgan fingerprint density at radius 2 is 2.00 bits per heavy atom. The van der Waals surface area contributed by atoms with E-state index in [9.17, 15) is 18.8 Å². The fraction of sp³-hybridized carbons (Fsp3) is 0.333. The number of amides is 3. The van der Waals surface area contributed by atoms with Crippen molar-refractivity contribution in [3.63, 3.8) is 0 Å². The van der Waals surface area contributed by atoms with E-state index in [-0.39, 0.29) is 37.5 Å². The SMILES string of the molecule is COCCNC(=O)CN(C(=O)CCC(=O)Nc1nccs1)c1ccccc1F. The molecule has 2 aromatic rings. The Kier molecular flexibility index (Phi) is 8.50. The molecule has 0 unspecified atom stereocenters. The molecule has 150 valence electrons. The first-order valence-electron chi connectivity index (χ1n) is 8.51. The molecule has 0 fully saturated rings. The van der Waals surface area contributed by atoms with E-state index in [1.54, 1.807) is 17.6 Å². The molecule has 0 radical (unpaired) electrons. The summed E-state index contributed by atoms with van der Waals surface area (Å²) in [5.41, 5.74) is -0.0188. The zero-order valence-corrected chi connectivity index (χ0v) is 16.1. The number of halogens is 1. The molecule has 2 N–H and O–H groups in total. The van der Waals surface area contributed by atoms with Crippen LogP contribution in [0.3, 0.4) is 0 Å². The molecule has 0 aliphatic carbocycles. The van der Waals surface area contributed by atoms with Gasteiger partial charge >= 0.3 is 0 Å². The van der Waals surface area contributed by atoms with Crippen molar-refractivity contribution in [2.75, 3.05) is 37.0 Å². The minimum atomic E-state index is -0.632. The van der Waals surface area contributed by atoms with E-state index in [1.165, 1.54) is 36.6 Å². The fourth-order valence-electron chi connectivity index (χ4n) is 2.29. The number of rotatable bonds is 10. The number of nitrogens with one attached hydrogen (secondary N) is 2. The summed E-state index contributed by atoms with van der Waals surface area (Å²) in [4.78, 5) is 41.6. The highest BCUT2D eigenvalue weighted by Crippen LogP contribution is 2.20. The Bertz CT molecular complexity index is 801. The van der Waals surface area contributed by atoms with Gasteiger partial charge in [0.25, 0.3) is 0 Å². The van der Waals surface area contributed by atoms with Gasteiger partial charge in [0, 0.05) is 38.1 Å². The summed E-state index contributed by atoms with van der Waals surface area (Å²) >= 11 is 1.26. The average Bonchev–Trinajstić information content (AvgIpc) is 3.18. The van der Waals surface area contributed by atoms with Crippen LogP contribution < -0.4 is 15.5 Å². The minimum Gasteiger partial charge on any atom is -0.383 e. The molecule has 0 bridgehead atoms. The lowest BCUT2D eigenvalue weighted by Crippen LogP contribution is -2.42. The van der Waals surface area contributed by atoms with Crippen molar-refractivity contribution >= 4 is 39.9 Å². The molecule has 1 aromatic heterocycles. The summed E-state index contributed by atoms with van der Waals surface area (Å²) in [5, 5.41) is 7.30. The maximum atomic E-state index is 14.2. The van der Waals surface area contributed by atoms with Gasteiger partial charge in [-0.1, -0.05) is 12.1 Å². The van der Waals surface area contributed by atoms with E-state index >= 15 is 0 Å². The smallest absolute Gasteiger partial charge is 0.240 e. The predicted molar refractivity (Wildman–Crippen MR) is 104 cm³/mol. The summed E-state index contributed by atoms with van der Waals surface area (Å²) in [6.45, 7) is 0.221. The number of hydrogen-bond donors (Lipinski definition) is 2. The van der Waals surface area contributed by atoms with Crippen LogP contribution in [0.4, 0.5) is 15.2 Å². The Balaban J connectivity index is 2.01. The summed E-state index contributed by atoms with van der Waals surface area (Å²) in [6, 6.07) is 5.66. The number of anilines is 2. The predicted octanol–water partition coefficient (Wildman–Crippen LogP) is 1.80. The topological polar surface area (TPSA) is 101 Å². The van der Waals surface area contributed by atoms with Crippen molar-refractivity contribution in [3.05, 3.63) is 41.7 Å².